The molecule has 4 heteroatoms. The van der Waals surface area contributed by atoms with E-state index in [1.54, 1.807) is 18.2 Å². The Labute approximate surface area is 73.6 Å². The molecule has 2 aromatic heterocycles. The Hall–Kier alpha value is -1.97. The van der Waals surface area contributed by atoms with Crippen LogP contribution >= 0.6 is 0 Å². The summed E-state index contributed by atoms with van der Waals surface area (Å²) < 4.78 is 5.38. The number of rotatable bonds is 1. The van der Waals surface area contributed by atoms with Crippen LogP contribution in [0.25, 0.3) is 11.1 Å². The second-order valence-corrected chi connectivity index (χ2v) is 2.58. The van der Waals surface area contributed by atoms with Crippen LogP contribution in [0.5, 0.6) is 0 Å². The summed E-state index contributed by atoms with van der Waals surface area (Å²) in [5, 5.41) is 9.07. The molecule has 0 atom stereocenters. The van der Waals surface area contributed by atoms with Crippen molar-refractivity contribution < 1.29 is 9.62 Å². The van der Waals surface area contributed by atoms with Crippen molar-refractivity contribution in [2.24, 2.45) is 0 Å². The molecule has 0 radical (unpaired) electrons. The summed E-state index contributed by atoms with van der Waals surface area (Å²) in [6, 6.07) is 4.88. The Kier molecular flexibility index (Phi) is 1.66. The van der Waals surface area contributed by atoms with Crippen molar-refractivity contribution in [1.82, 2.24) is 4.73 Å². The van der Waals surface area contributed by atoms with Crippen LogP contribution in [0.2, 0.25) is 0 Å². The summed E-state index contributed by atoms with van der Waals surface area (Å²) in [4.78, 5) is 11.3. The summed E-state index contributed by atoms with van der Waals surface area (Å²) in [6.07, 6.45) is 4.21. The molecular weight excluding hydrogens is 170 g/mol. The summed E-state index contributed by atoms with van der Waals surface area (Å²) in [5.41, 5.74) is 0.621. The highest BCUT2D eigenvalue weighted by Gasteiger charge is 2.05. The van der Waals surface area contributed by atoms with E-state index in [4.69, 9.17) is 9.62 Å². The third-order valence-electron chi connectivity index (χ3n) is 1.76. The monoisotopic (exact) mass is 177 g/mol. The van der Waals surface area contributed by atoms with Crippen LogP contribution in [0.4, 0.5) is 0 Å². The van der Waals surface area contributed by atoms with Gasteiger partial charge in [-0.05, 0) is 18.2 Å². The SMILES string of the molecule is O=c1c(-c2ccoc2)cccn1O. The van der Waals surface area contributed by atoms with Gasteiger partial charge in [0.1, 0.15) is 0 Å². The molecule has 1 N–H and O–H groups in total. The average Bonchev–Trinajstić information content (AvgIpc) is 2.62. The molecule has 2 rings (SSSR count). The number of hydrogen-bond donors (Lipinski definition) is 1. The van der Waals surface area contributed by atoms with Crippen molar-refractivity contribution in [2.75, 3.05) is 0 Å². The lowest BCUT2D eigenvalue weighted by molar-refractivity contribution is 0.175. The molecule has 13 heavy (non-hydrogen) atoms. The number of pyridine rings is 1. The van der Waals surface area contributed by atoms with Gasteiger partial charge in [-0.2, -0.15) is 4.73 Å². The van der Waals surface area contributed by atoms with E-state index in [1.807, 2.05) is 0 Å². The summed E-state index contributed by atoms with van der Waals surface area (Å²) in [6.45, 7) is 0. The first kappa shape index (κ1) is 7.67. The minimum absolute atomic E-state index is 0.416. The summed E-state index contributed by atoms with van der Waals surface area (Å²) in [7, 11) is 0. The van der Waals surface area contributed by atoms with Gasteiger partial charge in [0, 0.05) is 11.8 Å². The first-order valence-corrected chi connectivity index (χ1v) is 3.72. The maximum atomic E-state index is 11.3. The normalized spacial score (nSPS) is 10.2. The Morgan fingerprint density at radius 3 is 2.92 bits per heavy atom. The molecule has 0 bridgehead atoms. The van der Waals surface area contributed by atoms with E-state index in [9.17, 15) is 4.79 Å². The maximum Gasteiger partial charge on any atom is 0.290 e. The molecule has 4 nitrogen and oxygen atoms in total. The fourth-order valence-corrected chi connectivity index (χ4v) is 1.12. The maximum absolute atomic E-state index is 11.3. The number of hydrogen-bond acceptors (Lipinski definition) is 3. The first-order chi connectivity index (χ1) is 6.29. The molecule has 0 unspecified atom stereocenters. The predicted octanol–water partition coefficient (Wildman–Crippen LogP) is 1.35. The standard InChI is InChI=1S/C9H7NO3/c11-9-8(2-1-4-10(9)12)7-3-5-13-6-7/h1-6,12H. The van der Waals surface area contributed by atoms with Crippen molar-refractivity contribution in [3.8, 4) is 11.1 Å². The topological polar surface area (TPSA) is 55.4 Å². The molecule has 0 fully saturated rings. The molecule has 0 aliphatic carbocycles. The Bertz CT molecular complexity index is 456. The number of furan rings is 1. The van der Waals surface area contributed by atoms with Crippen LogP contribution in [-0.4, -0.2) is 9.94 Å². The Balaban J connectivity index is 2.66. The zero-order chi connectivity index (χ0) is 9.26. The summed E-state index contributed by atoms with van der Waals surface area (Å²) in [5.74, 6) is 0. The second-order valence-electron chi connectivity index (χ2n) is 2.58. The quantitative estimate of drug-likeness (QED) is 0.669. The van der Waals surface area contributed by atoms with Gasteiger partial charge in [-0.25, -0.2) is 0 Å². The minimum atomic E-state index is -0.455. The van der Waals surface area contributed by atoms with Crippen molar-refractivity contribution >= 4 is 0 Å². The molecular formula is C9H7NO3. The van der Waals surface area contributed by atoms with E-state index in [-0.39, 0.29) is 0 Å². The third kappa shape index (κ3) is 1.22. The van der Waals surface area contributed by atoms with E-state index in [1.165, 1.54) is 18.7 Å². The van der Waals surface area contributed by atoms with Crippen LogP contribution in [0, 0.1) is 0 Å². The smallest absolute Gasteiger partial charge is 0.290 e. The molecule has 0 saturated carbocycles. The van der Waals surface area contributed by atoms with Gasteiger partial charge in [0.15, 0.2) is 0 Å². The summed E-state index contributed by atoms with van der Waals surface area (Å²) >= 11 is 0. The highest BCUT2D eigenvalue weighted by atomic mass is 16.5. The van der Waals surface area contributed by atoms with Crippen LogP contribution < -0.4 is 5.56 Å². The fraction of sp³-hybridized carbons (Fsp3) is 0. The average molecular weight is 177 g/mol. The van der Waals surface area contributed by atoms with Gasteiger partial charge in [0.05, 0.1) is 18.1 Å². The zero-order valence-corrected chi connectivity index (χ0v) is 6.68. The van der Waals surface area contributed by atoms with E-state index in [0.29, 0.717) is 15.9 Å². The lowest BCUT2D eigenvalue weighted by atomic mass is 10.1. The molecule has 0 amide bonds. The second kappa shape index (κ2) is 2.82. The fourth-order valence-electron chi connectivity index (χ4n) is 1.12. The predicted molar refractivity (Wildman–Crippen MR) is 45.6 cm³/mol. The lowest BCUT2D eigenvalue weighted by Gasteiger charge is -1.97. The van der Waals surface area contributed by atoms with Gasteiger partial charge in [0.25, 0.3) is 5.56 Å². The molecule has 0 spiro atoms. The van der Waals surface area contributed by atoms with Crippen molar-refractivity contribution in [3.63, 3.8) is 0 Å². The third-order valence-corrected chi connectivity index (χ3v) is 1.76. The minimum Gasteiger partial charge on any atom is -0.472 e. The van der Waals surface area contributed by atoms with Gasteiger partial charge in [0.2, 0.25) is 0 Å². The van der Waals surface area contributed by atoms with Crippen molar-refractivity contribution in [1.29, 1.82) is 0 Å². The van der Waals surface area contributed by atoms with Crippen molar-refractivity contribution in [3.05, 3.63) is 47.3 Å². The van der Waals surface area contributed by atoms with E-state index in [2.05, 4.69) is 0 Å². The van der Waals surface area contributed by atoms with Gasteiger partial charge >= 0.3 is 0 Å². The van der Waals surface area contributed by atoms with Gasteiger partial charge in [-0.15, -0.1) is 0 Å². The molecule has 2 aromatic rings. The van der Waals surface area contributed by atoms with E-state index >= 15 is 0 Å². The van der Waals surface area contributed by atoms with Crippen LogP contribution in [-0.2, 0) is 0 Å². The Morgan fingerprint density at radius 2 is 2.23 bits per heavy atom. The molecule has 2 heterocycles. The Morgan fingerprint density at radius 1 is 1.38 bits per heavy atom. The van der Waals surface area contributed by atoms with Gasteiger partial charge < -0.3 is 9.62 Å². The number of aromatic nitrogens is 1. The number of nitrogens with zero attached hydrogens (tertiary/aromatic N) is 1. The zero-order valence-electron chi connectivity index (χ0n) is 6.68. The lowest BCUT2D eigenvalue weighted by Crippen LogP contribution is -2.17. The molecule has 0 saturated heterocycles. The molecule has 0 aliphatic rings. The first-order valence-electron chi connectivity index (χ1n) is 3.72. The molecule has 0 aliphatic heterocycles. The van der Waals surface area contributed by atoms with Crippen LogP contribution in [0.1, 0.15) is 0 Å². The molecule has 66 valence electrons. The largest absolute Gasteiger partial charge is 0.472 e. The van der Waals surface area contributed by atoms with Gasteiger partial charge in [-0.3, -0.25) is 4.79 Å². The highest BCUT2D eigenvalue weighted by Crippen LogP contribution is 2.14. The van der Waals surface area contributed by atoms with Crippen LogP contribution in [0.3, 0.4) is 0 Å². The van der Waals surface area contributed by atoms with E-state index < -0.39 is 5.56 Å². The van der Waals surface area contributed by atoms with E-state index in [0.717, 1.165) is 0 Å². The highest BCUT2D eigenvalue weighted by molar-refractivity contribution is 5.60. The van der Waals surface area contributed by atoms with Crippen LogP contribution in [0.15, 0.2) is 46.1 Å². The van der Waals surface area contributed by atoms with Gasteiger partial charge in [-0.1, -0.05) is 0 Å². The molecule has 0 aromatic carbocycles. The van der Waals surface area contributed by atoms with Crippen molar-refractivity contribution in [2.45, 2.75) is 0 Å².